The van der Waals surface area contributed by atoms with E-state index in [1.807, 2.05) is 13.8 Å². The third-order valence-electron chi connectivity index (χ3n) is 2.53. The highest BCUT2D eigenvalue weighted by Crippen LogP contribution is 2.19. The van der Waals surface area contributed by atoms with E-state index in [9.17, 15) is 4.79 Å². The van der Waals surface area contributed by atoms with E-state index in [1.54, 1.807) is 6.92 Å². The first-order valence-corrected chi connectivity index (χ1v) is 6.24. The second kappa shape index (κ2) is 5.68. The predicted molar refractivity (Wildman–Crippen MR) is 68.1 cm³/mol. The smallest absolute Gasteiger partial charge is 0.360 e. The van der Waals surface area contributed by atoms with Gasteiger partial charge in [-0.15, -0.1) is 5.10 Å². The van der Waals surface area contributed by atoms with Crippen LogP contribution in [0.25, 0.3) is 5.82 Å². The Morgan fingerprint density at radius 2 is 2.20 bits per heavy atom. The normalized spacial score (nSPS) is 11.0. The van der Waals surface area contributed by atoms with E-state index >= 15 is 0 Å². The minimum Gasteiger partial charge on any atom is -0.461 e. The molecule has 0 unspecified atom stereocenters. The number of nitrogen functional groups attached to an aromatic ring is 1. The molecular weight excluding hydrogens is 264 g/mol. The van der Waals surface area contributed by atoms with E-state index in [-0.39, 0.29) is 29.9 Å². The summed E-state index contributed by atoms with van der Waals surface area (Å²) in [6.07, 6.45) is 0.563. The zero-order valence-electron chi connectivity index (χ0n) is 11.5. The molecule has 108 valence electrons. The third kappa shape index (κ3) is 2.60. The summed E-state index contributed by atoms with van der Waals surface area (Å²) < 4.78 is 10.9. The van der Waals surface area contributed by atoms with Crippen molar-refractivity contribution in [2.24, 2.45) is 5.92 Å². The molecule has 2 rings (SSSR count). The van der Waals surface area contributed by atoms with Crippen LogP contribution in [0.15, 0.2) is 4.63 Å². The molecule has 2 heterocycles. The highest BCUT2D eigenvalue weighted by molar-refractivity contribution is 5.88. The lowest BCUT2D eigenvalue weighted by Gasteiger charge is -2.07. The topological polar surface area (TPSA) is 122 Å². The number of hydrogen-bond donors (Lipinski definition) is 1. The number of hydrogen-bond acceptors (Lipinski definition) is 8. The molecule has 0 radical (unpaired) electrons. The molecule has 2 aromatic rings. The average molecular weight is 280 g/mol. The second-order valence-electron chi connectivity index (χ2n) is 4.59. The maximum Gasteiger partial charge on any atom is 0.360 e. The molecule has 9 heteroatoms. The van der Waals surface area contributed by atoms with Crippen LogP contribution in [0, 0.1) is 5.92 Å². The van der Waals surface area contributed by atoms with E-state index < -0.39 is 5.97 Å². The second-order valence-corrected chi connectivity index (χ2v) is 4.59. The fraction of sp³-hybridized carbons (Fsp3) is 0.545. The van der Waals surface area contributed by atoms with Crippen LogP contribution in [0.4, 0.5) is 5.82 Å². The van der Waals surface area contributed by atoms with Crippen LogP contribution in [0.2, 0.25) is 0 Å². The van der Waals surface area contributed by atoms with Gasteiger partial charge in [-0.2, -0.15) is 4.68 Å². The number of nitrogens with two attached hydrogens (primary N) is 1. The number of rotatable bonds is 5. The van der Waals surface area contributed by atoms with Gasteiger partial charge in [-0.05, 0) is 29.6 Å². The molecule has 0 aliphatic carbocycles. The minimum absolute atomic E-state index is 0.0790. The van der Waals surface area contributed by atoms with Crippen LogP contribution < -0.4 is 5.73 Å². The summed E-state index contributed by atoms with van der Waals surface area (Å²) in [6, 6.07) is 0. The Hall–Kier alpha value is -2.45. The predicted octanol–water partition coefficient (Wildman–Crippen LogP) is 0.608. The van der Waals surface area contributed by atoms with Gasteiger partial charge in [0.05, 0.1) is 12.3 Å². The Bertz CT molecular complexity index is 603. The lowest BCUT2D eigenvalue weighted by Crippen LogP contribution is -2.13. The van der Waals surface area contributed by atoms with Gasteiger partial charge in [0.15, 0.2) is 5.69 Å². The van der Waals surface area contributed by atoms with Crippen molar-refractivity contribution in [2.45, 2.75) is 27.2 Å². The molecule has 20 heavy (non-hydrogen) atoms. The van der Waals surface area contributed by atoms with E-state index in [0.717, 1.165) is 0 Å². The van der Waals surface area contributed by atoms with Crippen molar-refractivity contribution >= 4 is 11.8 Å². The van der Waals surface area contributed by atoms with Crippen LogP contribution >= 0.6 is 0 Å². The molecule has 0 saturated carbocycles. The maximum absolute atomic E-state index is 11.9. The van der Waals surface area contributed by atoms with Gasteiger partial charge in [0.1, 0.15) is 0 Å². The third-order valence-corrected chi connectivity index (χ3v) is 2.53. The SMILES string of the molecule is CCOC(=O)c1nnn(-c2nonc2N)c1CC(C)C. The summed E-state index contributed by atoms with van der Waals surface area (Å²) in [5.74, 6) is 0.0463. The van der Waals surface area contributed by atoms with Crippen molar-refractivity contribution < 1.29 is 14.2 Å². The first kappa shape index (κ1) is 14.0. The zero-order valence-corrected chi connectivity index (χ0v) is 11.5. The van der Waals surface area contributed by atoms with Crippen LogP contribution in [0.3, 0.4) is 0 Å². The summed E-state index contributed by atoms with van der Waals surface area (Å²) in [5, 5.41) is 14.9. The molecular formula is C11H16N6O3. The van der Waals surface area contributed by atoms with Gasteiger partial charge in [0.25, 0.3) is 0 Å². The molecule has 0 atom stereocenters. The first-order chi connectivity index (χ1) is 9.54. The maximum atomic E-state index is 11.9. The largest absolute Gasteiger partial charge is 0.461 e. The van der Waals surface area contributed by atoms with E-state index in [4.69, 9.17) is 10.5 Å². The summed E-state index contributed by atoms with van der Waals surface area (Å²) in [5.41, 5.74) is 6.37. The van der Waals surface area contributed by atoms with Crippen LogP contribution in [0.1, 0.15) is 37.0 Å². The standard InChI is InChI=1S/C11H16N6O3/c1-4-19-11(18)8-7(5-6(2)3)17(16-13-8)10-9(12)14-20-15-10/h6H,4-5H2,1-3H3,(H2,12,14). The van der Waals surface area contributed by atoms with Gasteiger partial charge in [0, 0.05) is 0 Å². The Morgan fingerprint density at radius 1 is 1.45 bits per heavy atom. The van der Waals surface area contributed by atoms with Gasteiger partial charge < -0.3 is 10.5 Å². The van der Waals surface area contributed by atoms with E-state index in [1.165, 1.54) is 4.68 Å². The average Bonchev–Trinajstić information content (AvgIpc) is 2.95. The van der Waals surface area contributed by atoms with Crippen LogP contribution in [-0.4, -0.2) is 37.9 Å². The molecule has 0 aromatic carbocycles. The van der Waals surface area contributed by atoms with Crippen molar-refractivity contribution in [2.75, 3.05) is 12.3 Å². The van der Waals surface area contributed by atoms with Crippen molar-refractivity contribution in [1.82, 2.24) is 25.3 Å². The highest BCUT2D eigenvalue weighted by Gasteiger charge is 2.25. The molecule has 0 aliphatic heterocycles. The highest BCUT2D eigenvalue weighted by atomic mass is 16.6. The van der Waals surface area contributed by atoms with Crippen molar-refractivity contribution in [1.29, 1.82) is 0 Å². The number of nitrogens with zero attached hydrogens (tertiary/aromatic N) is 5. The van der Waals surface area contributed by atoms with Crippen molar-refractivity contribution in [3.63, 3.8) is 0 Å². The Morgan fingerprint density at radius 3 is 2.75 bits per heavy atom. The molecule has 0 amide bonds. The number of anilines is 1. The molecule has 9 nitrogen and oxygen atoms in total. The molecule has 0 saturated heterocycles. The van der Waals surface area contributed by atoms with Gasteiger partial charge >= 0.3 is 5.97 Å². The molecule has 0 fully saturated rings. The summed E-state index contributed by atoms with van der Waals surface area (Å²) in [6.45, 7) is 6.01. The quantitative estimate of drug-likeness (QED) is 0.790. The molecule has 2 N–H and O–H groups in total. The molecule has 0 bridgehead atoms. The number of esters is 1. The molecule has 0 aliphatic rings. The Kier molecular flexibility index (Phi) is 3.97. The fourth-order valence-electron chi connectivity index (χ4n) is 1.74. The van der Waals surface area contributed by atoms with Gasteiger partial charge in [-0.25, -0.2) is 9.42 Å². The summed E-state index contributed by atoms with van der Waals surface area (Å²) in [7, 11) is 0. The molecule has 2 aromatic heterocycles. The van der Waals surface area contributed by atoms with E-state index in [2.05, 4.69) is 25.3 Å². The van der Waals surface area contributed by atoms with Gasteiger partial charge in [-0.1, -0.05) is 19.1 Å². The summed E-state index contributed by atoms with van der Waals surface area (Å²) >= 11 is 0. The lowest BCUT2D eigenvalue weighted by atomic mass is 10.1. The number of carbonyl (C=O) groups is 1. The number of ether oxygens (including phenoxy) is 1. The Balaban J connectivity index is 2.47. The minimum atomic E-state index is -0.524. The number of carbonyl (C=O) groups excluding carboxylic acids is 1. The molecule has 0 spiro atoms. The number of aromatic nitrogens is 5. The first-order valence-electron chi connectivity index (χ1n) is 6.24. The van der Waals surface area contributed by atoms with Gasteiger partial charge in [-0.3, -0.25) is 0 Å². The van der Waals surface area contributed by atoms with Crippen molar-refractivity contribution in [3.05, 3.63) is 11.4 Å². The Labute approximate surface area is 115 Å². The van der Waals surface area contributed by atoms with Crippen molar-refractivity contribution in [3.8, 4) is 5.82 Å². The lowest BCUT2D eigenvalue weighted by molar-refractivity contribution is 0.0518. The fourth-order valence-corrected chi connectivity index (χ4v) is 1.74. The van der Waals surface area contributed by atoms with Crippen LogP contribution in [0.5, 0.6) is 0 Å². The van der Waals surface area contributed by atoms with Gasteiger partial charge in [0.2, 0.25) is 11.6 Å². The monoisotopic (exact) mass is 280 g/mol. The van der Waals surface area contributed by atoms with E-state index in [0.29, 0.717) is 12.1 Å². The van der Waals surface area contributed by atoms with Crippen LogP contribution in [-0.2, 0) is 11.2 Å². The summed E-state index contributed by atoms with van der Waals surface area (Å²) in [4.78, 5) is 11.9. The zero-order chi connectivity index (χ0) is 14.7.